The number of aromatic hydroxyl groups is 1. The molecule has 0 aliphatic heterocycles. The number of nitrogens with one attached hydrogen (secondary N) is 1. The number of phenols is 1. The molecule has 3 N–H and O–H groups in total. The highest BCUT2D eigenvalue weighted by Gasteiger charge is 2.29. The lowest BCUT2D eigenvalue weighted by Gasteiger charge is -2.27. The topological polar surface area (TPSA) is 122 Å². The van der Waals surface area contributed by atoms with Crippen LogP contribution in [-0.4, -0.2) is 31.2 Å². The largest absolute Gasteiger partial charge is 0.504 e. The number of sulfonamides is 1. The van der Waals surface area contributed by atoms with E-state index in [4.69, 9.17) is 26.2 Å². The van der Waals surface area contributed by atoms with Crippen LogP contribution in [-0.2, 0) is 21.2 Å². The molecule has 0 heterocycles. The minimum absolute atomic E-state index is 0.0177. The molecule has 3 aromatic carbocycles. The van der Waals surface area contributed by atoms with Crippen molar-refractivity contribution in [2.45, 2.75) is 30.2 Å². The Kier molecular flexibility index (Phi) is 7.15. The smallest absolute Gasteiger partial charge is 0.341 e. The molecule has 0 bridgehead atoms. The fraction of sp³-hybridized carbons (Fsp3) is 0.208. The van der Waals surface area contributed by atoms with Crippen molar-refractivity contribution in [3.05, 3.63) is 76.6 Å². The van der Waals surface area contributed by atoms with E-state index in [1.807, 2.05) is 0 Å². The summed E-state index contributed by atoms with van der Waals surface area (Å²) < 4.78 is 53.0. The Morgan fingerprint density at radius 3 is 2.66 bits per heavy atom. The number of carboxylic acid groups (broad SMARTS) is 1. The van der Waals surface area contributed by atoms with E-state index in [0.717, 1.165) is 17.7 Å². The molecule has 0 fully saturated rings. The summed E-state index contributed by atoms with van der Waals surface area (Å²) in [5, 5.41) is 18.6. The number of halogens is 2. The zero-order valence-electron chi connectivity index (χ0n) is 18.2. The Bertz CT molecular complexity index is 1380. The first kappa shape index (κ1) is 24.8. The standard InChI is InChI=1S/C24H21ClFNO7S/c25-18-12-15(34-22-9-7-14(26)11-20(22)28)8-10-23(18)35(31,32)27-19-5-1-4-17-16(19)3-2-6-21(17)33-13-24(29)30/h2-3,6-12,19,27-28H,1,4-5,13H2,(H,29,30)/t19-/m1/s1. The molecule has 0 radical (unpaired) electrons. The zero-order valence-corrected chi connectivity index (χ0v) is 19.8. The molecule has 1 atom stereocenters. The third kappa shape index (κ3) is 5.67. The maximum Gasteiger partial charge on any atom is 0.341 e. The van der Waals surface area contributed by atoms with Gasteiger partial charge in [0, 0.05) is 18.2 Å². The summed E-state index contributed by atoms with van der Waals surface area (Å²) in [6.45, 7) is -0.493. The van der Waals surface area contributed by atoms with E-state index in [2.05, 4.69) is 4.72 Å². The number of hydrogen-bond acceptors (Lipinski definition) is 6. The van der Waals surface area contributed by atoms with E-state index < -0.39 is 40.2 Å². The van der Waals surface area contributed by atoms with Crippen LogP contribution in [0.3, 0.4) is 0 Å². The van der Waals surface area contributed by atoms with Gasteiger partial charge in [0.15, 0.2) is 18.1 Å². The molecule has 0 spiro atoms. The average molecular weight is 522 g/mol. The maximum atomic E-state index is 13.2. The van der Waals surface area contributed by atoms with Gasteiger partial charge in [-0.25, -0.2) is 22.3 Å². The van der Waals surface area contributed by atoms with Crippen LogP contribution in [0.25, 0.3) is 0 Å². The lowest BCUT2D eigenvalue weighted by Crippen LogP contribution is -2.31. The maximum absolute atomic E-state index is 13.2. The Morgan fingerprint density at radius 2 is 1.94 bits per heavy atom. The lowest BCUT2D eigenvalue weighted by atomic mass is 9.87. The van der Waals surface area contributed by atoms with Gasteiger partial charge < -0.3 is 19.7 Å². The van der Waals surface area contributed by atoms with E-state index in [0.29, 0.717) is 30.6 Å². The van der Waals surface area contributed by atoms with Gasteiger partial charge in [0.05, 0.1) is 5.02 Å². The molecule has 0 saturated carbocycles. The van der Waals surface area contributed by atoms with Crippen LogP contribution in [0.1, 0.15) is 30.0 Å². The quantitative estimate of drug-likeness (QED) is 0.389. The van der Waals surface area contributed by atoms with Gasteiger partial charge >= 0.3 is 5.97 Å². The Balaban J connectivity index is 1.55. The van der Waals surface area contributed by atoms with E-state index in [9.17, 15) is 22.7 Å². The highest BCUT2D eigenvalue weighted by molar-refractivity contribution is 7.89. The molecule has 0 amide bonds. The Hall–Kier alpha value is -3.34. The SMILES string of the molecule is O=C(O)COc1cccc2c1CCC[C@H]2NS(=O)(=O)c1ccc(Oc2ccc(F)cc2O)cc1Cl. The van der Waals surface area contributed by atoms with Crippen LogP contribution in [0.5, 0.6) is 23.0 Å². The van der Waals surface area contributed by atoms with E-state index in [-0.39, 0.29) is 21.4 Å². The summed E-state index contributed by atoms with van der Waals surface area (Å²) in [4.78, 5) is 10.7. The monoisotopic (exact) mass is 521 g/mol. The fourth-order valence-electron chi connectivity index (χ4n) is 3.93. The van der Waals surface area contributed by atoms with Gasteiger partial charge in [-0.05, 0) is 60.7 Å². The van der Waals surface area contributed by atoms with Gasteiger partial charge in [-0.1, -0.05) is 23.7 Å². The number of aliphatic carboxylic acids is 1. The summed E-state index contributed by atoms with van der Waals surface area (Å²) in [7, 11) is -4.05. The normalized spacial score (nSPS) is 15.3. The molecule has 0 unspecified atom stereocenters. The van der Waals surface area contributed by atoms with Crippen LogP contribution in [0.4, 0.5) is 4.39 Å². The number of ether oxygens (including phenoxy) is 2. The molecule has 1 aliphatic rings. The van der Waals surface area contributed by atoms with Gasteiger partial charge in [-0.2, -0.15) is 0 Å². The van der Waals surface area contributed by atoms with Crippen molar-refractivity contribution in [3.8, 4) is 23.0 Å². The van der Waals surface area contributed by atoms with Gasteiger partial charge in [-0.15, -0.1) is 0 Å². The average Bonchev–Trinajstić information content (AvgIpc) is 2.79. The third-order valence-corrected chi connectivity index (χ3v) is 7.41. The molecule has 184 valence electrons. The number of fused-ring (bicyclic) bond motifs is 1. The van der Waals surface area contributed by atoms with Gasteiger partial charge in [0.2, 0.25) is 10.0 Å². The summed E-state index contributed by atoms with van der Waals surface area (Å²) in [5.41, 5.74) is 1.48. The number of hydrogen-bond donors (Lipinski definition) is 3. The van der Waals surface area contributed by atoms with Crippen molar-refractivity contribution in [3.63, 3.8) is 0 Å². The first-order valence-electron chi connectivity index (χ1n) is 10.6. The lowest BCUT2D eigenvalue weighted by molar-refractivity contribution is -0.139. The third-order valence-electron chi connectivity index (χ3n) is 5.45. The number of carbonyl (C=O) groups is 1. The van der Waals surface area contributed by atoms with Crippen molar-refractivity contribution < 1.29 is 37.3 Å². The fourth-order valence-corrected chi connectivity index (χ4v) is 5.71. The molecule has 35 heavy (non-hydrogen) atoms. The molecule has 3 aromatic rings. The molecule has 0 aromatic heterocycles. The van der Waals surface area contributed by atoms with Gasteiger partial charge in [0.1, 0.15) is 22.2 Å². The van der Waals surface area contributed by atoms with Crippen molar-refractivity contribution in [1.82, 2.24) is 4.72 Å². The zero-order chi connectivity index (χ0) is 25.2. The second-order valence-corrected chi connectivity index (χ2v) is 9.97. The van der Waals surface area contributed by atoms with Crippen LogP contribution in [0, 0.1) is 5.82 Å². The molecule has 11 heteroatoms. The first-order chi connectivity index (χ1) is 16.6. The molecule has 4 rings (SSSR count). The van der Waals surface area contributed by atoms with Crippen molar-refractivity contribution in [2.75, 3.05) is 6.61 Å². The predicted molar refractivity (Wildman–Crippen MR) is 125 cm³/mol. The van der Waals surface area contributed by atoms with E-state index in [1.54, 1.807) is 18.2 Å². The highest BCUT2D eigenvalue weighted by Crippen LogP contribution is 2.38. The molecule has 0 saturated heterocycles. The molecule has 8 nitrogen and oxygen atoms in total. The molecular weight excluding hydrogens is 501 g/mol. The second kappa shape index (κ2) is 10.1. The minimum Gasteiger partial charge on any atom is -0.504 e. The van der Waals surface area contributed by atoms with Crippen LogP contribution < -0.4 is 14.2 Å². The van der Waals surface area contributed by atoms with Crippen LogP contribution >= 0.6 is 11.6 Å². The van der Waals surface area contributed by atoms with Crippen molar-refractivity contribution in [2.24, 2.45) is 0 Å². The Labute approximate surface area is 205 Å². The summed E-state index contributed by atoms with van der Waals surface area (Å²) in [6, 6.07) is 11.7. The molecular formula is C24H21ClFNO7S. The predicted octanol–water partition coefficient (Wildman–Crippen LogP) is 4.80. The Morgan fingerprint density at radius 1 is 1.14 bits per heavy atom. The number of carboxylic acids is 1. The summed E-state index contributed by atoms with van der Waals surface area (Å²) >= 11 is 6.26. The van der Waals surface area contributed by atoms with Crippen LogP contribution in [0.15, 0.2) is 59.5 Å². The van der Waals surface area contributed by atoms with E-state index >= 15 is 0 Å². The van der Waals surface area contributed by atoms with Crippen molar-refractivity contribution in [1.29, 1.82) is 0 Å². The number of rotatable bonds is 8. The van der Waals surface area contributed by atoms with Gasteiger partial charge in [0.25, 0.3) is 0 Å². The summed E-state index contributed by atoms with van der Waals surface area (Å²) in [6.07, 6.45) is 1.85. The highest BCUT2D eigenvalue weighted by atomic mass is 35.5. The minimum atomic E-state index is -4.05. The molecule has 1 aliphatic carbocycles. The number of phenolic OH excluding ortho intramolecular Hbond substituents is 1. The first-order valence-corrected chi connectivity index (χ1v) is 12.4. The number of benzene rings is 3. The van der Waals surface area contributed by atoms with E-state index in [1.165, 1.54) is 24.3 Å². The van der Waals surface area contributed by atoms with Crippen molar-refractivity contribution >= 4 is 27.6 Å². The second-order valence-electron chi connectivity index (χ2n) is 7.88. The summed E-state index contributed by atoms with van der Waals surface area (Å²) in [5.74, 6) is -1.60. The van der Waals surface area contributed by atoms with Gasteiger partial charge in [-0.3, -0.25) is 0 Å². The van der Waals surface area contributed by atoms with Crippen LogP contribution in [0.2, 0.25) is 5.02 Å².